The predicted octanol–water partition coefficient (Wildman–Crippen LogP) is 4.54. The van der Waals surface area contributed by atoms with Gasteiger partial charge in [-0.25, -0.2) is 4.98 Å². The standard InChI is InChI=1S/C23H18F3N3O5/c1-13(30)34-20-18(33-2)10-11-27-19(20)22(32)29-17-8-6-16(7-9-17)28-21(31)14-4-3-5-15(12-14)23(24,25)26/h3-12H,1-2H3,(H,28,31)(H,29,32). The molecule has 11 heteroatoms. The van der Waals surface area contributed by atoms with Gasteiger partial charge in [-0.2, -0.15) is 13.2 Å². The number of hydrogen-bond donors (Lipinski definition) is 2. The maximum atomic E-state index is 12.9. The Hall–Kier alpha value is -4.41. The fraction of sp³-hybridized carbons (Fsp3) is 0.130. The third-order valence-electron chi connectivity index (χ3n) is 4.40. The number of nitrogens with one attached hydrogen (secondary N) is 2. The van der Waals surface area contributed by atoms with Crippen LogP contribution in [0.5, 0.6) is 11.5 Å². The quantitative estimate of drug-likeness (QED) is 0.509. The van der Waals surface area contributed by atoms with Gasteiger partial charge in [0, 0.05) is 36.1 Å². The van der Waals surface area contributed by atoms with Crippen LogP contribution in [-0.4, -0.2) is 29.9 Å². The van der Waals surface area contributed by atoms with Gasteiger partial charge >= 0.3 is 12.1 Å². The number of rotatable bonds is 6. The molecule has 2 amide bonds. The lowest BCUT2D eigenvalue weighted by Crippen LogP contribution is -2.17. The Morgan fingerprint density at radius 1 is 0.912 bits per heavy atom. The number of benzene rings is 2. The number of ether oxygens (including phenoxy) is 2. The van der Waals surface area contributed by atoms with Crippen molar-refractivity contribution < 1.29 is 37.0 Å². The molecule has 0 fully saturated rings. The maximum absolute atomic E-state index is 12.9. The number of methoxy groups -OCH3 is 1. The minimum Gasteiger partial charge on any atom is -0.493 e. The fourth-order valence-corrected chi connectivity index (χ4v) is 2.86. The number of amides is 2. The second-order valence-electron chi connectivity index (χ2n) is 6.85. The Bertz CT molecular complexity index is 1230. The molecule has 0 aliphatic rings. The Morgan fingerprint density at radius 3 is 2.09 bits per heavy atom. The Morgan fingerprint density at radius 2 is 1.53 bits per heavy atom. The first kappa shape index (κ1) is 24.2. The molecule has 3 rings (SSSR count). The average Bonchev–Trinajstić information content (AvgIpc) is 2.79. The van der Waals surface area contributed by atoms with Gasteiger partial charge < -0.3 is 20.1 Å². The van der Waals surface area contributed by atoms with Crippen LogP contribution >= 0.6 is 0 Å². The lowest BCUT2D eigenvalue weighted by atomic mass is 10.1. The topological polar surface area (TPSA) is 107 Å². The highest BCUT2D eigenvalue weighted by molar-refractivity contribution is 6.06. The van der Waals surface area contributed by atoms with Crippen LogP contribution in [-0.2, 0) is 11.0 Å². The molecule has 34 heavy (non-hydrogen) atoms. The van der Waals surface area contributed by atoms with Crippen molar-refractivity contribution in [2.75, 3.05) is 17.7 Å². The predicted molar refractivity (Wildman–Crippen MR) is 116 cm³/mol. The number of carbonyl (C=O) groups is 3. The number of esters is 1. The summed E-state index contributed by atoms with van der Waals surface area (Å²) in [7, 11) is 1.34. The monoisotopic (exact) mass is 473 g/mol. The normalized spacial score (nSPS) is 10.9. The first-order chi connectivity index (χ1) is 16.1. The van der Waals surface area contributed by atoms with Gasteiger partial charge in [0.1, 0.15) is 0 Å². The number of carbonyl (C=O) groups excluding carboxylic acids is 3. The third-order valence-corrected chi connectivity index (χ3v) is 4.40. The summed E-state index contributed by atoms with van der Waals surface area (Å²) in [5.41, 5.74) is -0.663. The number of nitrogens with zero attached hydrogens (tertiary/aromatic N) is 1. The van der Waals surface area contributed by atoms with Gasteiger partial charge in [0.2, 0.25) is 5.75 Å². The van der Waals surface area contributed by atoms with E-state index in [0.29, 0.717) is 11.4 Å². The molecule has 176 valence electrons. The number of anilines is 2. The smallest absolute Gasteiger partial charge is 0.416 e. The van der Waals surface area contributed by atoms with Crippen molar-refractivity contribution in [3.05, 3.63) is 77.6 Å². The summed E-state index contributed by atoms with van der Waals surface area (Å²) in [5, 5.41) is 5.06. The van der Waals surface area contributed by atoms with Crippen molar-refractivity contribution in [1.29, 1.82) is 0 Å². The SMILES string of the molecule is COc1ccnc(C(=O)Nc2ccc(NC(=O)c3cccc(C(F)(F)F)c3)cc2)c1OC(C)=O. The molecule has 8 nitrogen and oxygen atoms in total. The second-order valence-corrected chi connectivity index (χ2v) is 6.85. The van der Waals surface area contributed by atoms with Gasteiger partial charge in [-0.3, -0.25) is 14.4 Å². The highest BCUT2D eigenvalue weighted by atomic mass is 19.4. The first-order valence-electron chi connectivity index (χ1n) is 9.70. The highest BCUT2D eigenvalue weighted by Gasteiger charge is 2.31. The number of halogens is 3. The lowest BCUT2D eigenvalue weighted by molar-refractivity contribution is -0.137. The second kappa shape index (κ2) is 10.0. The van der Waals surface area contributed by atoms with Crippen LogP contribution in [0.2, 0.25) is 0 Å². The molecule has 0 spiro atoms. The van der Waals surface area contributed by atoms with Crippen molar-refractivity contribution in [2.45, 2.75) is 13.1 Å². The zero-order valence-corrected chi connectivity index (χ0v) is 17.9. The molecule has 2 aromatic carbocycles. The molecular weight excluding hydrogens is 455 g/mol. The van der Waals surface area contributed by atoms with Gasteiger partial charge in [-0.15, -0.1) is 0 Å². The number of aromatic nitrogens is 1. The Labute approximate surface area is 191 Å². The molecule has 0 aliphatic carbocycles. The molecule has 0 unspecified atom stereocenters. The van der Waals surface area contributed by atoms with Crippen molar-refractivity contribution in [1.82, 2.24) is 4.98 Å². The van der Waals surface area contributed by atoms with Crippen LogP contribution in [0.15, 0.2) is 60.8 Å². The molecular formula is C23H18F3N3O5. The summed E-state index contributed by atoms with van der Waals surface area (Å²) in [6, 6.07) is 11.3. The Kier molecular flexibility index (Phi) is 7.15. The first-order valence-corrected chi connectivity index (χ1v) is 9.70. The number of pyridine rings is 1. The summed E-state index contributed by atoms with van der Waals surface area (Å²) in [5.74, 6) is -2.07. The zero-order valence-electron chi connectivity index (χ0n) is 17.9. The van der Waals surface area contributed by atoms with E-state index in [2.05, 4.69) is 15.6 Å². The van der Waals surface area contributed by atoms with Gasteiger partial charge in [0.15, 0.2) is 11.4 Å². The van der Waals surface area contributed by atoms with E-state index in [9.17, 15) is 27.6 Å². The third kappa shape index (κ3) is 5.88. The molecule has 1 heterocycles. The highest BCUT2D eigenvalue weighted by Crippen LogP contribution is 2.31. The molecule has 0 bridgehead atoms. The molecule has 0 aliphatic heterocycles. The van der Waals surface area contributed by atoms with E-state index in [1.54, 1.807) is 0 Å². The van der Waals surface area contributed by atoms with Crippen LogP contribution in [0, 0.1) is 0 Å². The molecule has 0 saturated carbocycles. The van der Waals surface area contributed by atoms with E-state index >= 15 is 0 Å². The largest absolute Gasteiger partial charge is 0.493 e. The fourth-order valence-electron chi connectivity index (χ4n) is 2.86. The van der Waals surface area contributed by atoms with Crippen molar-refractivity contribution >= 4 is 29.2 Å². The molecule has 1 aromatic heterocycles. The van der Waals surface area contributed by atoms with Gasteiger partial charge in [0.05, 0.1) is 12.7 Å². The summed E-state index contributed by atoms with van der Waals surface area (Å²) in [6.07, 6.45) is -3.25. The Balaban J connectivity index is 1.72. The zero-order chi connectivity index (χ0) is 24.9. The van der Waals surface area contributed by atoms with Crippen molar-refractivity contribution in [3.63, 3.8) is 0 Å². The molecule has 2 N–H and O–H groups in total. The van der Waals surface area contributed by atoms with Crippen molar-refractivity contribution in [2.24, 2.45) is 0 Å². The van der Waals surface area contributed by atoms with Crippen LogP contribution in [0.25, 0.3) is 0 Å². The number of hydrogen-bond acceptors (Lipinski definition) is 6. The van der Waals surface area contributed by atoms with E-state index in [0.717, 1.165) is 18.2 Å². The van der Waals surface area contributed by atoms with Crippen LogP contribution in [0.4, 0.5) is 24.5 Å². The van der Waals surface area contributed by atoms with Crippen LogP contribution in [0.3, 0.4) is 0 Å². The molecule has 3 aromatic rings. The van der Waals surface area contributed by atoms with E-state index in [1.165, 1.54) is 56.6 Å². The van der Waals surface area contributed by atoms with Gasteiger partial charge in [0.25, 0.3) is 11.8 Å². The molecule has 0 radical (unpaired) electrons. The molecule has 0 saturated heterocycles. The van der Waals surface area contributed by atoms with E-state index < -0.39 is 29.5 Å². The number of alkyl halides is 3. The summed E-state index contributed by atoms with van der Waals surface area (Å²) >= 11 is 0. The average molecular weight is 473 g/mol. The summed E-state index contributed by atoms with van der Waals surface area (Å²) < 4.78 is 48.7. The summed E-state index contributed by atoms with van der Waals surface area (Å²) in [6.45, 7) is 1.17. The lowest BCUT2D eigenvalue weighted by Gasteiger charge is -2.12. The van der Waals surface area contributed by atoms with Crippen molar-refractivity contribution in [3.8, 4) is 11.5 Å². The van der Waals surface area contributed by atoms with E-state index in [4.69, 9.17) is 9.47 Å². The summed E-state index contributed by atoms with van der Waals surface area (Å²) in [4.78, 5) is 40.3. The van der Waals surface area contributed by atoms with Gasteiger partial charge in [-0.05, 0) is 42.5 Å². The minimum absolute atomic E-state index is 0.139. The van der Waals surface area contributed by atoms with Crippen LogP contribution in [0.1, 0.15) is 33.3 Å². The van der Waals surface area contributed by atoms with E-state index in [1.807, 2.05) is 0 Å². The van der Waals surface area contributed by atoms with E-state index in [-0.39, 0.29) is 22.8 Å². The maximum Gasteiger partial charge on any atom is 0.416 e. The van der Waals surface area contributed by atoms with Gasteiger partial charge in [-0.1, -0.05) is 6.07 Å². The minimum atomic E-state index is -4.57. The van der Waals surface area contributed by atoms with Crippen LogP contribution < -0.4 is 20.1 Å². The molecule has 0 atom stereocenters.